The maximum atomic E-state index is 12.1. The van der Waals surface area contributed by atoms with Gasteiger partial charge < -0.3 is 15.3 Å². The van der Waals surface area contributed by atoms with Crippen molar-refractivity contribution in [2.75, 3.05) is 18.4 Å². The van der Waals surface area contributed by atoms with E-state index in [9.17, 15) is 9.59 Å². The maximum absolute atomic E-state index is 12.1. The van der Waals surface area contributed by atoms with Gasteiger partial charge in [-0.1, -0.05) is 6.07 Å². The number of carbonyl (C=O) groups is 2. The molecule has 1 heterocycles. The number of anilines is 1. The van der Waals surface area contributed by atoms with Crippen LogP contribution in [0.1, 0.15) is 24.0 Å². The van der Waals surface area contributed by atoms with Crippen LogP contribution in [0.4, 0.5) is 10.5 Å². The van der Waals surface area contributed by atoms with Crippen LogP contribution in [-0.2, 0) is 4.79 Å². The summed E-state index contributed by atoms with van der Waals surface area (Å²) in [7, 11) is 0. The van der Waals surface area contributed by atoms with Crippen LogP contribution in [0.2, 0.25) is 0 Å². The first kappa shape index (κ1) is 14.4. The monoisotopic (exact) mass is 276 g/mol. The van der Waals surface area contributed by atoms with Crippen molar-refractivity contribution < 1.29 is 14.7 Å². The molecule has 2 N–H and O–H groups in total. The number of amides is 2. The smallest absolute Gasteiger partial charge is 0.321 e. The lowest BCUT2D eigenvalue weighted by molar-refractivity contribution is -0.138. The summed E-state index contributed by atoms with van der Waals surface area (Å²) in [5.41, 5.74) is 2.99. The normalized spacial score (nSPS) is 18.1. The Kier molecular flexibility index (Phi) is 4.27. The number of urea groups is 1. The van der Waals surface area contributed by atoms with Crippen LogP contribution in [0.25, 0.3) is 0 Å². The van der Waals surface area contributed by atoms with Crippen LogP contribution in [0.15, 0.2) is 18.2 Å². The van der Waals surface area contributed by atoms with Gasteiger partial charge in [-0.15, -0.1) is 0 Å². The lowest BCUT2D eigenvalue weighted by Gasteiger charge is -2.17. The zero-order chi connectivity index (χ0) is 14.7. The molecule has 0 spiro atoms. The summed E-state index contributed by atoms with van der Waals surface area (Å²) in [6.07, 6.45) is 0.889. The highest BCUT2D eigenvalue weighted by Gasteiger charge is 2.27. The van der Waals surface area contributed by atoms with Crippen LogP contribution < -0.4 is 5.32 Å². The summed E-state index contributed by atoms with van der Waals surface area (Å²) in [5, 5.41) is 11.7. The number of carbonyl (C=O) groups excluding carboxylic acids is 1. The predicted octanol–water partition coefficient (Wildman–Crippen LogP) is 2.63. The van der Waals surface area contributed by atoms with E-state index in [1.807, 2.05) is 26.0 Å². The second-order valence-corrected chi connectivity index (χ2v) is 5.51. The van der Waals surface area contributed by atoms with Crippen molar-refractivity contribution in [1.29, 1.82) is 0 Å². The van der Waals surface area contributed by atoms with E-state index in [-0.39, 0.29) is 18.4 Å². The van der Waals surface area contributed by atoms with Gasteiger partial charge in [-0.3, -0.25) is 4.79 Å². The number of likely N-dealkylation sites (tertiary alicyclic amines) is 1. The van der Waals surface area contributed by atoms with Gasteiger partial charge >= 0.3 is 12.0 Å². The molecule has 1 aromatic rings. The van der Waals surface area contributed by atoms with Crippen molar-refractivity contribution in [3.63, 3.8) is 0 Å². The van der Waals surface area contributed by atoms with Gasteiger partial charge in [0.15, 0.2) is 0 Å². The number of aryl methyl sites for hydroxylation is 2. The van der Waals surface area contributed by atoms with Gasteiger partial charge in [0.25, 0.3) is 0 Å². The van der Waals surface area contributed by atoms with Crippen molar-refractivity contribution in [2.45, 2.75) is 26.7 Å². The number of benzene rings is 1. The fraction of sp³-hybridized carbons (Fsp3) is 0.467. The van der Waals surface area contributed by atoms with E-state index in [4.69, 9.17) is 5.11 Å². The minimum atomic E-state index is -0.799. The Bertz CT molecular complexity index is 508. The Morgan fingerprint density at radius 3 is 2.55 bits per heavy atom. The average Bonchev–Trinajstić information content (AvgIpc) is 2.75. The fourth-order valence-electron chi connectivity index (χ4n) is 2.68. The van der Waals surface area contributed by atoms with Crippen LogP contribution in [0, 0.1) is 19.8 Å². The molecular formula is C15H20N2O3. The van der Waals surface area contributed by atoms with Gasteiger partial charge in [0, 0.05) is 25.2 Å². The number of carboxylic acid groups (broad SMARTS) is 1. The quantitative estimate of drug-likeness (QED) is 0.891. The maximum Gasteiger partial charge on any atom is 0.321 e. The van der Waals surface area contributed by atoms with E-state index in [1.54, 1.807) is 4.90 Å². The zero-order valence-corrected chi connectivity index (χ0v) is 11.8. The number of aliphatic carboxylic acids is 1. The number of hydrogen-bond acceptors (Lipinski definition) is 2. The molecule has 0 bridgehead atoms. The van der Waals surface area contributed by atoms with Gasteiger partial charge in [0.1, 0.15) is 0 Å². The van der Waals surface area contributed by atoms with E-state index in [0.717, 1.165) is 23.2 Å². The van der Waals surface area contributed by atoms with Crippen molar-refractivity contribution in [1.82, 2.24) is 4.90 Å². The molecule has 1 saturated heterocycles. The molecular weight excluding hydrogens is 256 g/mol. The number of hydrogen-bond donors (Lipinski definition) is 2. The molecule has 0 radical (unpaired) electrons. The third-order valence-electron chi connectivity index (χ3n) is 3.51. The number of nitrogens with one attached hydrogen (secondary N) is 1. The van der Waals surface area contributed by atoms with Crippen LogP contribution >= 0.6 is 0 Å². The van der Waals surface area contributed by atoms with E-state index in [0.29, 0.717) is 13.1 Å². The number of rotatable bonds is 3. The summed E-state index contributed by atoms with van der Waals surface area (Å²) in [4.78, 5) is 24.5. The third-order valence-corrected chi connectivity index (χ3v) is 3.51. The predicted molar refractivity (Wildman–Crippen MR) is 76.9 cm³/mol. The minimum absolute atomic E-state index is 0.0671. The average molecular weight is 276 g/mol. The second kappa shape index (κ2) is 5.94. The highest BCUT2D eigenvalue weighted by Crippen LogP contribution is 2.21. The molecule has 5 heteroatoms. The SMILES string of the molecule is Cc1cc(C)cc(NC(=O)N2CCC(CC(=O)O)C2)c1. The first-order valence-electron chi connectivity index (χ1n) is 6.80. The van der Waals surface area contributed by atoms with Gasteiger partial charge in [-0.2, -0.15) is 0 Å². The Morgan fingerprint density at radius 2 is 1.95 bits per heavy atom. The summed E-state index contributed by atoms with van der Waals surface area (Å²) in [6.45, 7) is 5.11. The van der Waals surface area contributed by atoms with Gasteiger partial charge in [0.2, 0.25) is 0 Å². The molecule has 1 aliphatic rings. The number of carboxylic acids is 1. The fourth-order valence-corrected chi connectivity index (χ4v) is 2.68. The molecule has 1 fully saturated rings. The van der Waals surface area contributed by atoms with Gasteiger partial charge in [0.05, 0.1) is 0 Å². The molecule has 0 saturated carbocycles. The van der Waals surface area contributed by atoms with Crippen molar-refractivity contribution in [3.8, 4) is 0 Å². The Hall–Kier alpha value is -2.04. The third kappa shape index (κ3) is 3.73. The lowest BCUT2D eigenvalue weighted by atomic mass is 10.1. The lowest BCUT2D eigenvalue weighted by Crippen LogP contribution is -2.33. The van der Waals surface area contributed by atoms with Crippen molar-refractivity contribution in [2.24, 2.45) is 5.92 Å². The van der Waals surface area contributed by atoms with Crippen LogP contribution in [0.3, 0.4) is 0 Å². The Morgan fingerprint density at radius 1 is 1.30 bits per heavy atom. The molecule has 2 amide bonds. The van der Waals surface area contributed by atoms with E-state index < -0.39 is 5.97 Å². The standard InChI is InChI=1S/C15H20N2O3/c1-10-5-11(2)7-13(6-10)16-15(20)17-4-3-12(9-17)8-14(18)19/h5-7,12H,3-4,8-9H2,1-2H3,(H,16,20)(H,18,19). The van der Waals surface area contributed by atoms with E-state index in [2.05, 4.69) is 11.4 Å². The van der Waals surface area contributed by atoms with Crippen molar-refractivity contribution in [3.05, 3.63) is 29.3 Å². The Labute approximate surface area is 118 Å². The van der Waals surface area contributed by atoms with Gasteiger partial charge in [-0.25, -0.2) is 4.79 Å². The summed E-state index contributed by atoms with van der Waals surface area (Å²) < 4.78 is 0. The highest BCUT2D eigenvalue weighted by atomic mass is 16.4. The topological polar surface area (TPSA) is 69.6 Å². The summed E-state index contributed by atoms with van der Waals surface area (Å²) in [6, 6.07) is 5.75. The first-order valence-corrected chi connectivity index (χ1v) is 6.80. The summed E-state index contributed by atoms with van der Waals surface area (Å²) >= 11 is 0. The van der Waals surface area contributed by atoms with Crippen LogP contribution in [0.5, 0.6) is 0 Å². The highest BCUT2D eigenvalue weighted by molar-refractivity contribution is 5.89. The van der Waals surface area contributed by atoms with E-state index >= 15 is 0 Å². The first-order chi connectivity index (χ1) is 9.44. The molecule has 0 aromatic heterocycles. The molecule has 108 valence electrons. The molecule has 1 atom stereocenters. The zero-order valence-electron chi connectivity index (χ0n) is 11.8. The van der Waals surface area contributed by atoms with Crippen LogP contribution in [-0.4, -0.2) is 35.1 Å². The summed E-state index contributed by atoms with van der Waals surface area (Å²) in [5.74, 6) is -0.732. The number of nitrogens with zero attached hydrogens (tertiary/aromatic N) is 1. The van der Waals surface area contributed by atoms with Gasteiger partial charge in [-0.05, 0) is 49.4 Å². The Balaban J connectivity index is 1.94. The van der Waals surface area contributed by atoms with Crippen molar-refractivity contribution >= 4 is 17.7 Å². The second-order valence-electron chi connectivity index (χ2n) is 5.51. The molecule has 1 aromatic carbocycles. The molecule has 1 aliphatic heterocycles. The van der Waals surface area contributed by atoms with E-state index in [1.165, 1.54) is 0 Å². The molecule has 20 heavy (non-hydrogen) atoms. The molecule has 5 nitrogen and oxygen atoms in total. The minimum Gasteiger partial charge on any atom is -0.481 e. The molecule has 0 aliphatic carbocycles. The molecule has 1 unspecified atom stereocenters. The molecule has 2 rings (SSSR count). The largest absolute Gasteiger partial charge is 0.481 e.